The van der Waals surface area contributed by atoms with Crippen LogP contribution in [-0.2, 0) is 15.4 Å². The highest BCUT2D eigenvalue weighted by molar-refractivity contribution is 7.91. The number of aromatic amines is 1. The Bertz CT molecular complexity index is 1330. The van der Waals surface area contributed by atoms with Gasteiger partial charge in [0.05, 0.1) is 28.7 Å². The van der Waals surface area contributed by atoms with Crippen LogP contribution < -0.4 is 0 Å². The zero-order chi connectivity index (χ0) is 19.1. The summed E-state index contributed by atoms with van der Waals surface area (Å²) in [6.45, 7) is 0. The van der Waals surface area contributed by atoms with E-state index in [0.717, 1.165) is 41.3 Å². The molecule has 0 spiro atoms. The fraction of sp³-hybridized carbons (Fsp3) is 0.300. The Balaban J connectivity index is 1.30. The van der Waals surface area contributed by atoms with Crippen LogP contribution in [0.1, 0.15) is 19.3 Å². The van der Waals surface area contributed by atoms with Crippen molar-refractivity contribution in [3.05, 3.63) is 54.1 Å². The summed E-state index contributed by atoms with van der Waals surface area (Å²) in [6, 6.07) is 8.47. The normalized spacial score (nSPS) is 26.3. The van der Waals surface area contributed by atoms with Crippen LogP contribution in [0.15, 0.2) is 53.9 Å². The minimum absolute atomic E-state index is 0.0180. The third-order valence-corrected chi connectivity index (χ3v) is 8.62. The van der Waals surface area contributed by atoms with Crippen LogP contribution >= 0.6 is 11.6 Å². The van der Waals surface area contributed by atoms with E-state index in [9.17, 15) is 8.42 Å². The number of H-pyrrole nitrogens is 1. The molecule has 3 saturated carbocycles. The molecule has 8 heteroatoms. The van der Waals surface area contributed by atoms with Crippen molar-refractivity contribution in [1.82, 2.24) is 19.5 Å². The van der Waals surface area contributed by atoms with Gasteiger partial charge in [0.25, 0.3) is 0 Å². The summed E-state index contributed by atoms with van der Waals surface area (Å²) in [5, 5.41) is 1.60. The van der Waals surface area contributed by atoms with Crippen molar-refractivity contribution in [1.29, 1.82) is 0 Å². The van der Waals surface area contributed by atoms with Crippen molar-refractivity contribution in [3.63, 3.8) is 0 Å². The lowest BCUT2D eigenvalue weighted by atomic mass is 9.40. The fourth-order valence-electron chi connectivity index (χ4n) is 5.34. The van der Waals surface area contributed by atoms with Crippen LogP contribution in [-0.4, -0.2) is 33.7 Å². The van der Waals surface area contributed by atoms with E-state index in [0.29, 0.717) is 9.92 Å². The standard InChI is InChI=1S/C20H17ClN4O2S/c21-13-1-3-14(4-2-13)28(26,27)11-19-8-20(9-19,10-19)25-12-24-16-7-23-18-15(17(16)25)5-6-22-18/h1-7,12H,8-11H2,(H,22,23). The maximum atomic E-state index is 12.8. The number of nitrogens with zero attached hydrogens (tertiary/aromatic N) is 3. The summed E-state index contributed by atoms with van der Waals surface area (Å²) in [4.78, 5) is 12.4. The minimum atomic E-state index is -3.32. The molecule has 0 aliphatic heterocycles. The van der Waals surface area contributed by atoms with Gasteiger partial charge in [0.2, 0.25) is 0 Å². The van der Waals surface area contributed by atoms with E-state index >= 15 is 0 Å². The number of nitrogens with one attached hydrogen (secondary N) is 1. The molecule has 0 unspecified atom stereocenters. The van der Waals surface area contributed by atoms with Gasteiger partial charge in [0, 0.05) is 22.1 Å². The first-order chi connectivity index (χ1) is 13.4. The topological polar surface area (TPSA) is 80.6 Å². The van der Waals surface area contributed by atoms with E-state index in [1.807, 2.05) is 18.6 Å². The van der Waals surface area contributed by atoms with Gasteiger partial charge in [-0.1, -0.05) is 11.6 Å². The predicted molar refractivity (Wildman–Crippen MR) is 107 cm³/mol. The van der Waals surface area contributed by atoms with Gasteiger partial charge in [-0.3, -0.25) is 0 Å². The molecule has 142 valence electrons. The van der Waals surface area contributed by atoms with Crippen molar-refractivity contribution < 1.29 is 8.42 Å². The maximum Gasteiger partial charge on any atom is 0.178 e. The lowest BCUT2D eigenvalue weighted by molar-refractivity contribution is -0.168. The summed E-state index contributed by atoms with van der Waals surface area (Å²) in [6.07, 6.45) is 8.16. The fourth-order valence-corrected chi connectivity index (χ4v) is 7.30. The first-order valence-corrected chi connectivity index (χ1v) is 11.2. The molecule has 0 amide bonds. The first-order valence-electron chi connectivity index (χ1n) is 9.18. The second kappa shape index (κ2) is 5.15. The Morgan fingerprint density at radius 2 is 1.86 bits per heavy atom. The number of pyridine rings is 1. The Morgan fingerprint density at radius 3 is 2.61 bits per heavy atom. The molecular weight excluding hydrogens is 396 g/mol. The lowest BCUT2D eigenvalue weighted by Crippen LogP contribution is -2.69. The third kappa shape index (κ3) is 2.11. The number of sulfone groups is 1. The van der Waals surface area contributed by atoms with Crippen molar-refractivity contribution >= 4 is 43.5 Å². The summed E-state index contributed by atoms with van der Waals surface area (Å²) in [7, 11) is -3.32. The zero-order valence-corrected chi connectivity index (χ0v) is 16.5. The van der Waals surface area contributed by atoms with Crippen LogP contribution in [0, 0.1) is 5.41 Å². The maximum absolute atomic E-state index is 12.8. The van der Waals surface area contributed by atoms with Gasteiger partial charge < -0.3 is 9.55 Å². The zero-order valence-electron chi connectivity index (χ0n) is 14.9. The number of rotatable bonds is 4. The molecule has 0 saturated heterocycles. The number of imidazole rings is 1. The molecule has 3 aliphatic carbocycles. The van der Waals surface area contributed by atoms with Gasteiger partial charge >= 0.3 is 0 Å². The number of halogens is 1. The first kappa shape index (κ1) is 16.6. The average Bonchev–Trinajstić information content (AvgIpc) is 3.23. The summed E-state index contributed by atoms with van der Waals surface area (Å²) >= 11 is 5.89. The number of aromatic nitrogens is 4. The Morgan fingerprint density at radius 1 is 1.11 bits per heavy atom. The molecule has 1 N–H and O–H groups in total. The van der Waals surface area contributed by atoms with Gasteiger partial charge in [-0.15, -0.1) is 0 Å². The van der Waals surface area contributed by atoms with E-state index < -0.39 is 9.84 Å². The SMILES string of the molecule is O=S(=O)(CC12CC(n3cnc4cnc5[nH]ccc5c43)(C1)C2)c1ccc(Cl)cc1. The van der Waals surface area contributed by atoms with E-state index in [1.54, 1.807) is 30.5 Å². The number of hydrogen-bond acceptors (Lipinski definition) is 4. The molecule has 3 aliphatic rings. The van der Waals surface area contributed by atoms with E-state index in [4.69, 9.17) is 11.6 Å². The van der Waals surface area contributed by atoms with Crippen molar-refractivity contribution in [2.75, 3.05) is 5.75 Å². The van der Waals surface area contributed by atoms with E-state index in [1.165, 1.54) is 0 Å². The van der Waals surface area contributed by atoms with Gasteiger partial charge in [-0.25, -0.2) is 18.4 Å². The molecule has 3 fully saturated rings. The van der Waals surface area contributed by atoms with Crippen LogP contribution in [0.4, 0.5) is 0 Å². The van der Waals surface area contributed by atoms with Crippen molar-refractivity contribution in [3.8, 4) is 0 Å². The van der Waals surface area contributed by atoms with E-state index in [-0.39, 0.29) is 16.7 Å². The second-order valence-electron chi connectivity index (χ2n) is 8.31. The molecule has 0 radical (unpaired) electrons. The molecule has 0 atom stereocenters. The Labute approximate surface area is 166 Å². The third-order valence-electron chi connectivity index (χ3n) is 6.38. The van der Waals surface area contributed by atoms with E-state index in [2.05, 4.69) is 19.5 Å². The highest BCUT2D eigenvalue weighted by Crippen LogP contribution is 2.72. The average molecular weight is 413 g/mol. The van der Waals surface area contributed by atoms with Gasteiger partial charge in [-0.05, 0) is 55.0 Å². The quantitative estimate of drug-likeness (QED) is 0.550. The van der Waals surface area contributed by atoms with Gasteiger partial charge in [0.1, 0.15) is 11.2 Å². The van der Waals surface area contributed by atoms with Crippen LogP contribution in [0.2, 0.25) is 5.02 Å². The molecule has 6 nitrogen and oxygen atoms in total. The Hall–Kier alpha value is -2.38. The largest absolute Gasteiger partial charge is 0.346 e. The van der Waals surface area contributed by atoms with Gasteiger partial charge in [-0.2, -0.15) is 0 Å². The van der Waals surface area contributed by atoms with Crippen LogP contribution in [0.5, 0.6) is 0 Å². The van der Waals surface area contributed by atoms with Crippen molar-refractivity contribution in [2.24, 2.45) is 5.41 Å². The monoisotopic (exact) mass is 412 g/mol. The molecule has 2 bridgehead atoms. The molecule has 7 rings (SSSR count). The smallest absolute Gasteiger partial charge is 0.178 e. The highest BCUT2D eigenvalue weighted by atomic mass is 35.5. The highest BCUT2D eigenvalue weighted by Gasteiger charge is 2.70. The minimum Gasteiger partial charge on any atom is -0.346 e. The van der Waals surface area contributed by atoms with Crippen LogP contribution in [0.25, 0.3) is 22.1 Å². The lowest BCUT2D eigenvalue weighted by Gasteiger charge is -2.71. The van der Waals surface area contributed by atoms with Crippen molar-refractivity contribution in [2.45, 2.75) is 29.7 Å². The summed E-state index contributed by atoms with van der Waals surface area (Å²) < 4.78 is 27.9. The predicted octanol–water partition coefficient (Wildman–Crippen LogP) is 3.92. The second-order valence-corrected chi connectivity index (χ2v) is 10.7. The van der Waals surface area contributed by atoms with Gasteiger partial charge in [0.15, 0.2) is 9.84 Å². The number of benzene rings is 1. The molecule has 3 heterocycles. The summed E-state index contributed by atoms with van der Waals surface area (Å²) in [5.74, 6) is 0.192. The van der Waals surface area contributed by atoms with Crippen LogP contribution in [0.3, 0.4) is 0 Å². The molecule has 3 aromatic heterocycles. The number of fused-ring (bicyclic) bond motifs is 3. The molecular formula is C20H17ClN4O2S. The molecule has 1 aromatic carbocycles. The Kier molecular flexibility index (Phi) is 3.05. The molecule has 28 heavy (non-hydrogen) atoms. The number of hydrogen-bond donors (Lipinski definition) is 1. The summed E-state index contributed by atoms with van der Waals surface area (Å²) in [5.41, 5.74) is 2.66. The molecule has 4 aromatic rings.